The lowest BCUT2D eigenvalue weighted by Gasteiger charge is -2.16. The van der Waals surface area contributed by atoms with Crippen molar-refractivity contribution in [1.29, 1.82) is 0 Å². The minimum absolute atomic E-state index is 0.202. The van der Waals surface area contributed by atoms with Crippen molar-refractivity contribution in [3.05, 3.63) is 71.4 Å². The first-order valence-electron chi connectivity index (χ1n) is 10.7. The Balaban J connectivity index is 1.68. The summed E-state index contributed by atoms with van der Waals surface area (Å²) >= 11 is 6.32. The number of aromatic nitrogens is 1. The van der Waals surface area contributed by atoms with Crippen molar-refractivity contribution in [1.82, 2.24) is 4.98 Å². The first-order chi connectivity index (χ1) is 17.6. The molecule has 1 aromatic heterocycles. The van der Waals surface area contributed by atoms with Crippen molar-refractivity contribution in [3.63, 3.8) is 0 Å². The highest BCUT2D eigenvalue weighted by Gasteiger charge is 2.31. The quantitative estimate of drug-likeness (QED) is 0.235. The molecule has 0 aliphatic carbocycles. The highest BCUT2D eigenvalue weighted by molar-refractivity contribution is 6.33. The van der Waals surface area contributed by atoms with Gasteiger partial charge in [-0.1, -0.05) is 23.7 Å². The molecule has 0 spiro atoms. The van der Waals surface area contributed by atoms with Crippen LogP contribution in [0.25, 0.3) is 22.0 Å². The summed E-state index contributed by atoms with van der Waals surface area (Å²) in [5, 5.41) is 0.773. The minimum atomic E-state index is -4.78. The number of carbonyl (C=O) groups excluding carboxylic acids is 1. The summed E-state index contributed by atoms with van der Waals surface area (Å²) in [6, 6.07) is 15.0. The molecule has 4 rings (SSSR count). The Bertz CT molecular complexity index is 1440. The maximum atomic E-state index is 12.3. The van der Waals surface area contributed by atoms with E-state index in [-0.39, 0.29) is 11.5 Å². The Labute approximate surface area is 214 Å². The number of halogens is 4. The molecule has 0 fully saturated rings. The zero-order valence-corrected chi connectivity index (χ0v) is 20.4. The Morgan fingerprint density at radius 3 is 2.08 bits per heavy atom. The third-order valence-electron chi connectivity index (χ3n) is 5.18. The second-order valence-electron chi connectivity index (χ2n) is 7.61. The third kappa shape index (κ3) is 5.97. The topological polar surface area (TPSA) is 76.1 Å². The predicted octanol–water partition coefficient (Wildman–Crippen LogP) is 7.71. The van der Waals surface area contributed by atoms with Gasteiger partial charge in [0.25, 0.3) is 0 Å². The third-order valence-corrected chi connectivity index (χ3v) is 5.48. The van der Waals surface area contributed by atoms with Crippen LogP contribution in [0.4, 0.5) is 18.0 Å². The van der Waals surface area contributed by atoms with E-state index in [1.165, 1.54) is 26.4 Å². The monoisotopic (exact) mass is 533 g/mol. The standard InChI is InChI=1S/C26H19ClF3NO6/c1-14-23(24(36-25(32)34-3)19-12-20(27)22(33-2)13-21(19)31-14)15-4-6-16(7-5-15)35-17-8-10-18(11-9-17)37-26(28,29)30/h4-13H,1-3H3. The number of hydrogen-bond acceptors (Lipinski definition) is 7. The fourth-order valence-corrected chi connectivity index (χ4v) is 3.86. The van der Waals surface area contributed by atoms with Crippen LogP contribution in [-0.4, -0.2) is 31.7 Å². The lowest BCUT2D eigenvalue weighted by molar-refractivity contribution is -0.274. The number of rotatable bonds is 6. The van der Waals surface area contributed by atoms with Crippen LogP contribution in [0, 0.1) is 6.92 Å². The first kappa shape index (κ1) is 25.9. The van der Waals surface area contributed by atoms with Crippen LogP contribution < -0.4 is 18.9 Å². The Kier molecular flexibility index (Phi) is 7.30. The van der Waals surface area contributed by atoms with Gasteiger partial charge in [0.15, 0.2) is 5.75 Å². The molecule has 0 bridgehead atoms. The van der Waals surface area contributed by atoms with Crippen molar-refractivity contribution >= 4 is 28.7 Å². The normalized spacial score (nSPS) is 11.2. The second-order valence-corrected chi connectivity index (χ2v) is 8.01. The van der Waals surface area contributed by atoms with Gasteiger partial charge in [0.05, 0.1) is 24.8 Å². The molecule has 192 valence electrons. The molecule has 37 heavy (non-hydrogen) atoms. The summed E-state index contributed by atoms with van der Waals surface area (Å²) in [6.07, 6.45) is -5.69. The summed E-state index contributed by atoms with van der Waals surface area (Å²) in [6.45, 7) is 1.76. The van der Waals surface area contributed by atoms with Gasteiger partial charge in [0.1, 0.15) is 23.0 Å². The average molecular weight is 534 g/mol. The molecule has 3 aromatic carbocycles. The van der Waals surface area contributed by atoms with E-state index in [0.717, 1.165) is 12.1 Å². The van der Waals surface area contributed by atoms with E-state index < -0.39 is 12.5 Å². The van der Waals surface area contributed by atoms with Crippen LogP contribution in [0.15, 0.2) is 60.7 Å². The van der Waals surface area contributed by atoms with Gasteiger partial charge >= 0.3 is 12.5 Å². The zero-order chi connectivity index (χ0) is 26.7. The van der Waals surface area contributed by atoms with Gasteiger partial charge in [-0.25, -0.2) is 4.79 Å². The lowest BCUT2D eigenvalue weighted by atomic mass is 10.00. The van der Waals surface area contributed by atoms with Crippen molar-refractivity contribution in [2.45, 2.75) is 13.3 Å². The molecule has 0 saturated heterocycles. The number of alkyl halides is 3. The number of hydrogen-bond donors (Lipinski definition) is 0. The van der Waals surface area contributed by atoms with Gasteiger partial charge in [-0.15, -0.1) is 13.2 Å². The van der Waals surface area contributed by atoms with Crippen molar-refractivity contribution in [3.8, 4) is 39.9 Å². The van der Waals surface area contributed by atoms with Crippen molar-refractivity contribution in [2.75, 3.05) is 14.2 Å². The number of benzene rings is 3. The maximum Gasteiger partial charge on any atom is 0.573 e. The minimum Gasteiger partial charge on any atom is -0.495 e. The molecule has 0 atom stereocenters. The highest BCUT2D eigenvalue weighted by atomic mass is 35.5. The van der Waals surface area contributed by atoms with E-state index in [4.69, 9.17) is 30.5 Å². The van der Waals surface area contributed by atoms with Crippen molar-refractivity contribution in [2.24, 2.45) is 0 Å². The summed E-state index contributed by atoms with van der Waals surface area (Å²) < 4.78 is 62.1. The van der Waals surface area contributed by atoms with Crippen molar-refractivity contribution < 1.29 is 41.7 Å². The number of ether oxygens (including phenoxy) is 5. The van der Waals surface area contributed by atoms with Gasteiger partial charge in [-0.3, -0.25) is 4.98 Å². The molecule has 1 heterocycles. The largest absolute Gasteiger partial charge is 0.573 e. The molecule has 0 unspecified atom stereocenters. The van der Waals surface area contributed by atoms with Gasteiger partial charge in [0.2, 0.25) is 0 Å². The number of pyridine rings is 1. The zero-order valence-electron chi connectivity index (χ0n) is 19.7. The molecule has 0 aliphatic rings. The molecular weight excluding hydrogens is 515 g/mol. The Morgan fingerprint density at radius 2 is 1.51 bits per heavy atom. The number of nitrogens with zero attached hydrogens (tertiary/aromatic N) is 1. The molecule has 0 amide bonds. The molecule has 7 nitrogen and oxygen atoms in total. The highest BCUT2D eigenvalue weighted by Crippen LogP contribution is 2.42. The van der Waals surface area contributed by atoms with Gasteiger partial charge in [-0.2, -0.15) is 0 Å². The molecule has 0 N–H and O–H groups in total. The summed E-state index contributed by atoms with van der Waals surface area (Å²) in [5.41, 5.74) is 2.24. The summed E-state index contributed by atoms with van der Waals surface area (Å²) in [7, 11) is 2.68. The van der Waals surface area contributed by atoms with E-state index in [0.29, 0.717) is 50.0 Å². The fourth-order valence-electron chi connectivity index (χ4n) is 3.62. The van der Waals surface area contributed by atoms with Crippen LogP contribution in [0.3, 0.4) is 0 Å². The fraction of sp³-hybridized carbons (Fsp3) is 0.154. The van der Waals surface area contributed by atoms with E-state index in [1.807, 2.05) is 0 Å². The number of aryl methyl sites for hydroxylation is 1. The molecular formula is C26H19ClF3NO6. The first-order valence-corrected chi connectivity index (χ1v) is 11.0. The smallest absolute Gasteiger partial charge is 0.495 e. The van der Waals surface area contributed by atoms with Crippen LogP contribution in [0.5, 0.6) is 28.7 Å². The van der Waals surface area contributed by atoms with Crippen LogP contribution >= 0.6 is 11.6 Å². The van der Waals surface area contributed by atoms with Crippen LogP contribution in [0.1, 0.15) is 5.69 Å². The SMILES string of the molecule is COC(=O)Oc1c(-c2ccc(Oc3ccc(OC(F)(F)F)cc3)cc2)c(C)nc2cc(OC)c(Cl)cc12. The molecule has 4 aromatic rings. The van der Waals surface area contributed by atoms with Crippen LogP contribution in [0.2, 0.25) is 5.02 Å². The Hall–Kier alpha value is -4.18. The van der Waals surface area contributed by atoms with Crippen LogP contribution in [-0.2, 0) is 4.74 Å². The number of carbonyl (C=O) groups is 1. The van der Waals surface area contributed by atoms with Gasteiger partial charge in [0, 0.05) is 22.7 Å². The Morgan fingerprint density at radius 1 is 0.919 bits per heavy atom. The molecule has 0 radical (unpaired) electrons. The molecule has 0 aliphatic heterocycles. The second kappa shape index (κ2) is 10.4. The predicted molar refractivity (Wildman–Crippen MR) is 130 cm³/mol. The van der Waals surface area contributed by atoms with E-state index in [1.54, 1.807) is 43.3 Å². The number of methoxy groups -OCH3 is 2. The number of fused-ring (bicyclic) bond motifs is 1. The summed E-state index contributed by atoms with van der Waals surface area (Å²) in [4.78, 5) is 16.7. The summed E-state index contributed by atoms with van der Waals surface area (Å²) in [5.74, 6) is 0.988. The van der Waals surface area contributed by atoms with E-state index >= 15 is 0 Å². The van der Waals surface area contributed by atoms with E-state index in [2.05, 4.69) is 9.72 Å². The van der Waals surface area contributed by atoms with Gasteiger partial charge < -0.3 is 23.7 Å². The average Bonchev–Trinajstić information content (AvgIpc) is 2.85. The van der Waals surface area contributed by atoms with Gasteiger partial charge in [-0.05, 0) is 55.0 Å². The lowest BCUT2D eigenvalue weighted by Crippen LogP contribution is -2.16. The molecule has 11 heteroatoms. The molecule has 0 saturated carbocycles. The van der Waals surface area contributed by atoms with E-state index in [9.17, 15) is 18.0 Å². The maximum absolute atomic E-state index is 12.3.